The predicted molar refractivity (Wildman–Crippen MR) is 68.6 cm³/mol. The van der Waals surface area contributed by atoms with Gasteiger partial charge in [0.1, 0.15) is 11.4 Å². The molecule has 1 aromatic heterocycles. The highest BCUT2D eigenvalue weighted by molar-refractivity contribution is 7.99. The maximum absolute atomic E-state index is 12.0. The average molecular weight is 257 g/mol. The van der Waals surface area contributed by atoms with Crippen LogP contribution in [0.1, 0.15) is 17.3 Å². The number of nitrogen functional groups attached to an aromatic ring is 1. The first-order chi connectivity index (χ1) is 7.82. The van der Waals surface area contributed by atoms with E-state index in [9.17, 15) is 14.4 Å². The van der Waals surface area contributed by atoms with Crippen molar-refractivity contribution in [1.82, 2.24) is 9.13 Å². The summed E-state index contributed by atoms with van der Waals surface area (Å²) in [4.78, 5) is 35.4. The van der Waals surface area contributed by atoms with Crippen molar-refractivity contribution in [3.8, 4) is 0 Å². The molecule has 0 bridgehead atoms. The van der Waals surface area contributed by atoms with Gasteiger partial charge in [0.15, 0.2) is 5.78 Å². The van der Waals surface area contributed by atoms with Gasteiger partial charge in [0, 0.05) is 14.1 Å². The number of thioether (sulfide) groups is 1. The number of aromatic nitrogens is 2. The van der Waals surface area contributed by atoms with Gasteiger partial charge in [-0.2, -0.15) is 11.8 Å². The van der Waals surface area contributed by atoms with Gasteiger partial charge in [0.2, 0.25) is 0 Å². The van der Waals surface area contributed by atoms with Crippen LogP contribution < -0.4 is 17.0 Å². The summed E-state index contributed by atoms with van der Waals surface area (Å²) >= 11 is 1.32. The topological polar surface area (TPSA) is 87.1 Å². The molecule has 6 nitrogen and oxygen atoms in total. The van der Waals surface area contributed by atoms with Crippen molar-refractivity contribution in [2.24, 2.45) is 14.1 Å². The van der Waals surface area contributed by atoms with Gasteiger partial charge in [0.25, 0.3) is 5.56 Å². The van der Waals surface area contributed by atoms with Gasteiger partial charge in [-0.3, -0.25) is 18.7 Å². The number of nitrogens with zero attached hydrogens (tertiary/aromatic N) is 2. The van der Waals surface area contributed by atoms with Crippen LogP contribution in [0, 0.1) is 0 Å². The highest BCUT2D eigenvalue weighted by Crippen LogP contribution is 2.14. The average Bonchev–Trinajstić information content (AvgIpc) is 2.32. The lowest BCUT2D eigenvalue weighted by Gasteiger charge is -2.12. The lowest BCUT2D eigenvalue weighted by atomic mass is 10.1. The second kappa shape index (κ2) is 4.79. The number of hydrogen-bond acceptors (Lipinski definition) is 5. The third-order valence-electron chi connectivity index (χ3n) is 2.68. The lowest BCUT2D eigenvalue weighted by molar-refractivity contribution is 0.0992. The van der Waals surface area contributed by atoms with E-state index in [1.54, 1.807) is 13.2 Å². The summed E-state index contributed by atoms with van der Waals surface area (Å²) in [5.74, 6) is -0.435. The minimum absolute atomic E-state index is 0.0796. The SMILES string of the molecule is CS[C@@H](C)C(=O)c1c(N)n(C)c(=O)n(C)c1=O. The van der Waals surface area contributed by atoms with Gasteiger partial charge in [-0.1, -0.05) is 0 Å². The van der Waals surface area contributed by atoms with Crippen LogP contribution in [0.4, 0.5) is 5.82 Å². The van der Waals surface area contributed by atoms with Crippen LogP contribution in [0.5, 0.6) is 0 Å². The van der Waals surface area contributed by atoms with Crippen molar-refractivity contribution in [2.75, 3.05) is 12.0 Å². The lowest BCUT2D eigenvalue weighted by Crippen LogP contribution is -2.42. The summed E-state index contributed by atoms with van der Waals surface area (Å²) in [5.41, 5.74) is 4.37. The van der Waals surface area contributed by atoms with Crippen LogP contribution >= 0.6 is 11.8 Å². The Kier molecular flexibility index (Phi) is 3.82. The molecule has 0 fully saturated rings. The van der Waals surface area contributed by atoms with E-state index in [2.05, 4.69) is 0 Å². The fraction of sp³-hybridized carbons (Fsp3) is 0.500. The van der Waals surface area contributed by atoms with Crippen LogP contribution in [0.25, 0.3) is 0 Å². The third kappa shape index (κ3) is 2.14. The Morgan fingerprint density at radius 2 is 1.82 bits per heavy atom. The highest BCUT2D eigenvalue weighted by atomic mass is 32.2. The van der Waals surface area contributed by atoms with Gasteiger partial charge < -0.3 is 5.73 Å². The van der Waals surface area contributed by atoms with Crippen molar-refractivity contribution in [2.45, 2.75) is 12.2 Å². The molecule has 94 valence electrons. The third-order valence-corrected chi connectivity index (χ3v) is 3.60. The predicted octanol–water partition coefficient (Wildman–Crippen LogP) is -0.400. The molecule has 7 heteroatoms. The summed E-state index contributed by atoms with van der Waals surface area (Å²) in [6.07, 6.45) is 1.77. The molecule has 2 N–H and O–H groups in total. The molecule has 1 atom stereocenters. The molecule has 0 spiro atoms. The van der Waals surface area contributed by atoms with E-state index in [1.165, 1.54) is 25.9 Å². The quantitative estimate of drug-likeness (QED) is 0.744. The first-order valence-electron chi connectivity index (χ1n) is 4.95. The zero-order valence-corrected chi connectivity index (χ0v) is 11.0. The van der Waals surface area contributed by atoms with Gasteiger partial charge in [0.05, 0.1) is 5.25 Å². The number of Topliss-reactive ketones (excluding diaryl/α,β-unsaturated/α-hetero) is 1. The fourth-order valence-corrected chi connectivity index (χ4v) is 1.73. The van der Waals surface area contributed by atoms with Crippen molar-refractivity contribution in [3.63, 3.8) is 0 Å². The second-order valence-corrected chi connectivity index (χ2v) is 4.89. The van der Waals surface area contributed by atoms with E-state index >= 15 is 0 Å². The van der Waals surface area contributed by atoms with Crippen LogP contribution in [0.3, 0.4) is 0 Å². The molecule has 0 unspecified atom stereocenters. The summed E-state index contributed by atoms with van der Waals surface area (Å²) in [5, 5.41) is -0.373. The maximum Gasteiger partial charge on any atom is 0.332 e. The standard InChI is InChI=1S/C10H15N3O3S/c1-5(17-4)7(14)6-8(11)12(2)10(16)13(3)9(6)15/h5H,11H2,1-4H3/t5-/m0/s1. The summed E-state index contributed by atoms with van der Waals surface area (Å²) < 4.78 is 1.98. The number of ketones is 1. The molecule has 0 saturated carbocycles. The molecule has 0 aromatic carbocycles. The Morgan fingerprint density at radius 3 is 2.29 bits per heavy atom. The number of anilines is 1. The Balaban J connectivity index is 3.62. The van der Waals surface area contributed by atoms with Crippen LogP contribution in [0.2, 0.25) is 0 Å². The van der Waals surface area contributed by atoms with E-state index in [0.717, 1.165) is 9.13 Å². The van der Waals surface area contributed by atoms with E-state index in [1.807, 2.05) is 0 Å². The van der Waals surface area contributed by atoms with Crippen molar-refractivity contribution < 1.29 is 4.79 Å². The van der Waals surface area contributed by atoms with Crippen molar-refractivity contribution in [3.05, 3.63) is 26.4 Å². The number of nitrogens with two attached hydrogens (primary N) is 1. The van der Waals surface area contributed by atoms with E-state index in [-0.39, 0.29) is 22.4 Å². The molecule has 0 saturated heterocycles. The summed E-state index contributed by atoms with van der Waals surface area (Å²) in [6, 6.07) is 0. The Morgan fingerprint density at radius 1 is 1.29 bits per heavy atom. The fourth-order valence-electron chi connectivity index (χ4n) is 1.40. The first-order valence-corrected chi connectivity index (χ1v) is 6.24. The van der Waals surface area contributed by atoms with Crippen LogP contribution in [-0.4, -0.2) is 26.4 Å². The number of carbonyl (C=O) groups is 1. The van der Waals surface area contributed by atoms with Gasteiger partial charge in [-0.05, 0) is 13.2 Å². The summed E-state index contributed by atoms with van der Waals surface area (Å²) in [7, 11) is 2.75. The molecule has 17 heavy (non-hydrogen) atoms. The van der Waals surface area contributed by atoms with Gasteiger partial charge >= 0.3 is 5.69 Å². The monoisotopic (exact) mass is 257 g/mol. The highest BCUT2D eigenvalue weighted by Gasteiger charge is 2.23. The smallest absolute Gasteiger partial charge is 0.332 e. The Bertz CT molecular complexity index is 573. The number of rotatable bonds is 3. The normalized spacial score (nSPS) is 12.5. The first kappa shape index (κ1) is 13.6. The van der Waals surface area contributed by atoms with Crippen LogP contribution in [0.15, 0.2) is 9.59 Å². The van der Waals surface area contributed by atoms with Crippen molar-refractivity contribution in [1.29, 1.82) is 0 Å². The molecule has 0 radical (unpaired) electrons. The molecule has 1 rings (SSSR count). The van der Waals surface area contributed by atoms with Gasteiger partial charge in [-0.15, -0.1) is 0 Å². The van der Waals surface area contributed by atoms with E-state index in [0.29, 0.717) is 0 Å². The molecule has 0 amide bonds. The molecular formula is C10H15N3O3S. The molecule has 0 aliphatic carbocycles. The van der Waals surface area contributed by atoms with Crippen LogP contribution in [-0.2, 0) is 14.1 Å². The van der Waals surface area contributed by atoms with Gasteiger partial charge in [-0.25, -0.2) is 4.79 Å². The minimum atomic E-state index is -0.642. The molecule has 0 aliphatic rings. The van der Waals surface area contributed by atoms with E-state index in [4.69, 9.17) is 5.73 Å². The Labute approximate surface area is 102 Å². The molecule has 0 aliphatic heterocycles. The second-order valence-electron chi connectivity index (χ2n) is 3.71. The summed E-state index contributed by atoms with van der Waals surface area (Å²) in [6.45, 7) is 1.69. The Hall–Kier alpha value is -1.50. The minimum Gasteiger partial charge on any atom is -0.384 e. The number of hydrogen-bond donors (Lipinski definition) is 1. The zero-order valence-electron chi connectivity index (χ0n) is 10.2. The maximum atomic E-state index is 12.0. The van der Waals surface area contributed by atoms with Crippen molar-refractivity contribution >= 4 is 23.4 Å². The molecule has 1 heterocycles. The molecular weight excluding hydrogens is 242 g/mol. The molecule has 1 aromatic rings. The number of carbonyl (C=O) groups excluding carboxylic acids is 1. The van der Waals surface area contributed by atoms with E-state index < -0.39 is 11.2 Å². The largest absolute Gasteiger partial charge is 0.384 e. The zero-order chi connectivity index (χ0) is 13.3.